The molecule has 3 heteroatoms. The van der Waals surface area contributed by atoms with E-state index < -0.39 is 0 Å². The number of nitrogens with zero attached hydrogens (tertiary/aromatic N) is 1. The quantitative estimate of drug-likeness (QED) is 0.808. The highest BCUT2D eigenvalue weighted by molar-refractivity contribution is 5.43. The minimum Gasteiger partial charge on any atom is -0.492 e. The largest absolute Gasteiger partial charge is 0.492 e. The zero-order valence-corrected chi connectivity index (χ0v) is 10.1. The van der Waals surface area contributed by atoms with E-state index in [9.17, 15) is 0 Å². The van der Waals surface area contributed by atoms with Gasteiger partial charge in [-0.1, -0.05) is 6.07 Å². The van der Waals surface area contributed by atoms with Crippen LogP contribution in [0.4, 0.5) is 5.69 Å². The molecule has 2 unspecified atom stereocenters. The maximum atomic E-state index is 5.73. The van der Waals surface area contributed by atoms with Gasteiger partial charge in [0.1, 0.15) is 12.4 Å². The van der Waals surface area contributed by atoms with Crippen molar-refractivity contribution in [2.75, 3.05) is 25.4 Å². The Bertz CT molecular complexity index is 394. The molecule has 1 aliphatic carbocycles. The van der Waals surface area contributed by atoms with Gasteiger partial charge in [-0.3, -0.25) is 4.90 Å². The zero-order chi connectivity index (χ0) is 11.7. The van der Waals surface area contributed by atoms with Crippen LogP contribution in [0.15, 0.2) is 24.3 Å². The normalized spacial score (nSPS) is 27.5. The Hall–Kier alpha value is -1.22. The summed E-state index contributed by atoms with van der Waals surface area (Å²) < 4.78 is 5.73. The van der Waals surface area contributed by atoms with Crippen LogP contribution in [-0.2, 0) is 0 Å². The molecular weight excluding hydrogens is 212 g/mol. The molecule has 2 atom stereocenters. The van der Waals surface area contributed by atoms with Crippen LogP contribution in [0, 0.1) is 5.92 Å². The number of nitrogen functional groups attached to an aromatic ring is 1. The molecule has 1 aliphatic heterocycles. The van der Waals surface area contributed by atoms with Crippen LogP contribution in [0.5, 0.6) is 5.75 Å². The Morgan fingerprint density at radius 2 is 2.29 bits per heavy atom. The summed E-state index contributed by atoms with van der Waals surface area (Å²) in [5, 5.41) is 0. The van der Waals surface area contributed by atoms with Crippen molar-refractivity contribution < 1.29 is 4.74 Å². The van der Waals surface area contributed by atoms with E-state index in [1.54, 1.807) is 0 Å². The van der Waals surface area contributed by atoms with Crippen LogP contribution in [-0.4, -0.2) is 30.6 Å². The summed E-state index contributed by atoms with van der Waals surface area (Å²) in [6.45, 7) is 3.10. The third-order valence-corrected chi connectivity index (χ3v) is 4.03. The van der Waals surface area contributed by atoms with Gasteiger partial charge in [0.2, 0.25) is 0 Å². The first-order chi connectivity index (χ1) is 8.31. The molecule has 1 saturated heterocycles. The van der Waals surface area contributed by atoms with Gasteiger partial charge in [-0.2, -0.15) is 0 Å². The third kappa shape index (κ3) is 2.39. The molecule has 0 radical (unpaired) electrons. The Kier molecular flexibility index (Phi) is 2.93. The van der Waals surface area contributed by atoms with Crippen LogP contribution < -0.4 is 10.5 Å². The van der Waals surface area contributed by atoms with E-state index in [2.05, 4.69) is 4.90 Å². The van der Waals surface area contributed by atoms with Gasteiger partial charge in [0.05, 0.1) is 0 Å². The van der Waals surface area contributed by atoms with E-state index in [1.807, 2.05) is 24.3 Å². The number of benzene rings is 1. The van der Waals surface area contributed by atoms with Gasteiger partial charge in [0, 0.05) is 30.9 Å². The second-order valence-electron chi connectivity index (χ2n) is 5.25. The van der Waals surface area contributed by atoms with Crippen LogP contribution in [0.1, 0.15) is 19.3 Å². The minimum atomic E-state index is 0.766. The van der Waals surface area contributed by atoms with Crippen molar-refractivity contribution in [2.45, 2.75) is 25.3 Å². The molecule has 0 amide bonds. The molecule has 2 bridgehead atoms. The molecule has 1 aromatic carbocycles. The van der Waals surface area contributed by atoms with Crippen molar-refractivity contribution in [1.29, 1.82) is 0 Å². The lowest BCUT2D eigenvalue weighted by Crippen LogP contribution is -2.35. The second kappa shape index (κ2) is 4.57. The van der Waals surface area contributed by atoms with Crippen LogP contribution >= 0.6 is 0 Å². The Labute approximate surface area is 103 Å². The minimum absolute atomic E-state index is 0.766. The SMILES string of the molecule is Nc1cccc(OCCN2CC3CCC2C3)c1. The lowest BCUT2D eigenvalue weighted by molar-refractivity contribution is 0.172. The molecule has 92 valence electrons. The molecule has 3 rings (SSSR count). The van der Waals surface area contributed by atoms with Crippen molar-refractivity contribution in [3.63, 3.8) is 0 Å². The first-order valence-electron chi connectivity index (χ1n) is 6.53. The maximum absolute atomic E-state index is 5.73. The summed E-state index contributed by atoms with van der Waals surface area (Å²) in [7, 11) is 0. The van der Waals surface area contributed by atoms with E-state index in [-0.39, 0.29) is 0 Å². The van der Waals surface area contributed by atoms with E-state index in [0.717, 1.165) is 36.5 Å². The second-order valence-corrected chi connectivity index (χ2v) is 5.25. The van der Waals surface area contributed by atoms with Crippen molar-refractivity contribution in [1.82, 2.24) is 4.90 Å². The van der Waals surface area contributed by atoms with Gasteiger partial charge in [-0.05, 0) is 37.3 Å². The highest BCUT2D eigenvalue weighted by atomic mass is 16.5. The molecule has 1 aromatic rings. The average molecular weight is 232 g/mol. The number of likely N-dealkylation sites (tertiary alicyclic amines) is 1. The zero-order valence-electron chi connectivity index (χ0n) is 10.1. The Morgan fingerprint density at radius 3 is 3.00 bits per heavy atom. The van der Waals surface area contributed by atoms with Gasteiger partial charge < -0.3 is 10.5 Å². The summed E-state index contributed by atoms with van der Waals surface area (Å²) in [4.78, 5) is 2.58. The lowest BCUT2D eigenvalue weighted by atomic mass is 10.1. The highest BCUT2D eigenvalue weighted by Crippen LogP contribution is 2.36. The van der Waals surface area contributed by atoms with Gasteiger partial charge in [0.15, 0.2) is 0 Å². The van der Waals surface area contributed by atoms with Gasteiger partial charge in [-0.15, -0.1) is 0 Å². The average Bonchev–Trinajstić information content (AvgIpc) is 2.91. The Balaban J connectivity index is 1.46. The monoisotopic (exact) mass is 232 g/mol. The molecule has 1 heterocycles. The number of rotatable bonds is 4. The molecule has 2 aliphatic rings. The predicted molar refractivity (Wildman–Crippen MR) is 69.1 cm³/mol. The first kappa shape index (κ1) is 10.9. The number of ether oxygens (including phenoxy) is 1. The molecule has 0 aromatic heterocycles. The van der Waals surface area contributed by atoms with E-state index in [4.69, 9.17) is 10.5 Å². The third-order valence-electron chi connectivity index (χ3n) is 4.03. The maximum Gasteiger partial charge on any atom is 0.121 e. The molecule has 0 spiro atoms. The molecule has 2 fully saturated rings. The number of piperidine rings is 1. The Morgan fingerprint density at radius 1 is 1.35 bits per heavy atom. The first-order valence-corrected chi connectivity index (χ1v) is 6.53. The van der Waals surface area contributed by atoms with E-state index in [0.29, 0.717) is 0 Å². The van der Waals surface area contributed by atoms with Crippen LogP contribution in [0.3, 0.4) is 0 Å². The van der Waals surface area contributed by atoms with Crippen LogP contribution in [0.25, 0.3) is 0 Å². The molecule has 17 heavy (non-hydrogen) atoms. The molecule has 1 saturated carbocycles. The number of nitrogens with two attached hydrogens (primary N) is 1. The summed E-state index contributed by atoms with van der Waals surface area (Å²) in [6, 6.07) is 8.50. The summed E-state index contributed by atoms with van der Waals surface area (Å²) in [5.41, 5.74) is 6.48. The van der Waals surface area contributed by atoms with Crippen molar-refractivity contribution in [3.8, 4) is 5.75 Å². The predicted octanol–water partition coefficient (Wildman–Crippen LogP) is 2.13. The van der Waals surface area contributed by atoms with Gasteiger partial charge in [0.25, 0.3) is 0 Å². The van der Waals surface area contributed by atoms with E-state index >= 15 is 0 Å². The standard InChI is InChI=1S/C14H20N2O/c15-12-2-1-3-14(9-12)17-7-6-16-10-11-4-5-13(16)8-11/h1-3,9,11,13H,4-8,10,15H2. The smallest absolute Gasteiger partial charge is 0.121 e. The molecule has 3 nitrogen and oxygen atoms in total. The summed E-state index contributed by atoms with van der Waals surface area (Å²) >= 11 is 0. The fourth-order valence-corrected chi connectivity index (χ4v) is 3.19. The highest BCUT2D eigenvalue weighted by Gasteiger charge is 2.37. The number of anilines is 1. The fraction of sp³-hybridized carbons (Fsp3) is 0.571. The summed E-state index contributed by atoms with van der Waals surface area (Å²) in [6.07, 6.45) is 4.25. The number of hydrogen-bond donors (Lipinski definition) is 1. The number of hydrogen-bond acceptors (Lipinski definition) is 3. The van der Waals surface area contributed by atoms with Crippen molar-refractivity contribution in [2.24, 2.45) is 5.92 Å². The van der Waals surface area contributed by atoms with Crippen molar-refractivity contribution >= 4 is 5.69 Å². The number of fused-ring (bicyclic) bond motifs is 2. The van der Waals surface area contributed by atoms with E-state index in [1.165, 1.54) is 25.8 Å². The lowest BCUT2D eigenvalue weighted by Gasteiger charge is -2.26. The summed E-state index contributed by atoms with van der Waals surface area (Å²) in [5.74, 6) is 1.85. The van der Waals surface area contributed by atoms with Crippen molar-refractivity contribution in [3.05, 3.63) is 24.3 Å². The topological polar surface area (TPSA) is 38.5 Å². The van der Waals surface area contributed by atoms with Crippen LogP contribution in [0.2, 0.25) is 0 Å². The van der Waals surface area contributed by atoms with Gasteiger partial charge in [-0.25, -0.2) is 0 Å². The fourth-order valence-electron chi connectivity index (χ4n) is 3.19. The van der Waals surface area contributed by atoms with Gasteiger partial charge >= 0.3 is 0 Å². The molecular formula is C14H20N2O. The molecule has 2 N–H and O–H groups in total.